The molecule has 30 heteroatoms. The van der Waals surface area contributed by atoms with Crippen molar-refractivity contribution in [3.63, 3.8) is 0 Å². The van der Waals surface area contributed by atoms with Crippen molar-refractivity contribution in [1.82, 2.24) is 59.8 Å². The van der Waals surface area contributed by atoms with E-state index in [2.05, 4.69) is 58.8 Å². The second-order valence-corrected chi connectivity index (χ2v) is 23.8. The third kappa shape index (κ3) is 17.0. The van der Waals surface area contributed by atoms with Gasteiger partial charge < -0.3 is 93.2 Å². The molecule has 4 aromatic rings. The lowest BCUT2D eigenvalue weighted by atomic mass is 10.1. The van der Waals surface area contributed by atoms with Crippen LogP contribution in [0.1, 0.15) is 96.3 Å². The highest BCUT2D eigenvalue weighted by atomic mass is 15.5. The highest BCUT2D eigenvalue weighted by Crippen LogP contribution is 2.30. The summed E-state index contributed by atoms with van der Waals surface area (Å²) in [4.78, 5) is 89.9. The Morgan fingerprint density at radius 2 is 0.356 bits per heavy atom. The van der Waals surface area contributed by atoms with Crippen molar-refractivity contribution in [2.24, 2.45) is 34.4 Å². The van der Waals surface area contributed by atoms with E-state index in [9.17, 15) is 0 Å². The fraction of sp³-hybridized carbons (Fsp3) is 0.789. The Bertz CT molecular complexity index is 2340. The Morgan fingerprint density at radius 1 is 0.207 bits per heavy atom. The van der Waals surface area contributed by atoms with E-state index in [0.29, 0.717) is 171 Å². The fourth-order valence-electron chi connectivity index (χ4n) is 12.3. The molecule has 0 spiro atoms. The molecule has 4 aromatic heterocycles. The summed E-state index contributed by atoms with van der Waals surface area (Å²) in [5.41, 5.74) is 36.2. The normalized spacial score (nSPS) is 18.1. The SMILES string of the molecule is NCCCN(CCCN)c1nc(N2CCCCC2)nc(N2CCN(c3nc(N4CCN(c5nc(N(CCCN)CCCN)nc(N6CCCCC6)n5)CC4)nc(N4CCN(c5nc(N(CCCN)CCCN)nc(N6CCCCC6)n5)CC4)n3)CC2)n1. The third-order valence-electron chi connectivity index (χ3n) is 17.5. The van der Waals surface area contributed by atoms with E-state index in [1.165, 1.54) is 19.3 Å². The molecule has 0 aliphatic carbocycles. The van der Waals surface area contributed by atoms with Gasteiger partial charge in [-0.05, 0) is 136 Å². The molecule has 0 atom stereocenters. The third-order valence-corrected chi connectivity index (χ3v) is 17.5. The van der Waals surface area contributed by atoms with E-state index < -0.39 is 0 Å². The number of piperazine rings is 3. The Balaban J connectivity index is 0.917. The van der Waals surface area contributed by atoms with Gasteiger partial charge in [-0.1, -0.05) is 0 Å². The van der Waals surface area contributed by atoms with Crippen LogP contribution in [0.4, 0.5) is 71.4 Å². The van der Waals surface area contributed by atoms with Gasteiger partial charge in [0.05, 0.1) is 0 Å². The molecule has 12 N–H and O–H groups in total. The average Bonchev–Trinajstić information content (AvgIpc) is 2.52. The maximum Gasteiger partial charge on any atom is 0.232 e. The first-order chi connectivity index (χ1) is 42.8. The molecule has 30 nitrogen and oxygen atoms in total. The minimum Gasteiger partial charge on any atom is -0.341 e. The number of piperidine rings is 3. The van der Waals surface area contributed by atoms with Gasteiger partial charge >= 0.3 is 0 Å². The quantitative estimate of drug-likeness (QED) is 0.0397. The van der Waals surface area contributed by atoms with Crippen molar-refractivity contribution in [3.8, 4) is 0 Å². The number of anilines is 12. The van der Waals surface area contributed by atoms with Gasteiger partial charge in [0.2, 0.25) is 71.4 Å². The van der Waals surface area contributed by atoms with Crippen LogP contribution in [0.15, 0.2) is 0 Å². The first-order valence-corrected chi connectivity index (χ1v) is 33.1. The zero-order valence-electron chi connectivity index (χ0n) is 52.0. The molecule has 0 radical (unpaired) electrons. The lowest BCUT2D eigenvalue weighted by molar-refractivity contribution is 0.562. The molecular formula is C57H102N30. The van der Waals surface area contributed by atoms with E-state index in [0.717, 1.165) is 173 Å². The predicted molar refractivity (Wildman–Crippen MR) is 349 cm³/mol. The van der Waals surface area contributed by atoms with E-state index in [1.54, 1.807) is 0 Å². The van der Waals surface area contributed by atoms with Gasteiger partial charge in [0.15, 0.2) is 0 Å². The number of nitrogens with two attached hydrogens (primary N) is 6. The van der Waals surface area contributed by atoms with Gasteiger partial charge in [-0.2, -0.15) is 59.8 Å². The van der Waals surface area contributed by atoms with Gasteiger partial charge in [0, 0.05) is 157 Å². The fourth-order valence-corrected chi connectivity index (χ4v) is 12.3. The minimum atomic E-state index is 0.587. The topological polar surface area (TPSA) is 350 Å². The Labute approximate surface area is 515 Å². The van der Waals surface area contributed by atoms with Crippen LogP contribution < -0.4 is 93.2 Å². The molecule has 0 bridgehead atoms. The highest BCUT2D eigenvalue weighted by Gasteiger charge is 2.32. The van der Waals surface area contributed by atoms with E-state index in [-0.39, 0.29) is 0 Å². The molecule has 480 valence electrons. The maximum absolute atomic E-state index is 6.04. The summed E-state index contributed by atoms with van der Waals surface area (Å²) >= 11 is 0. The number of nitrogens with zero attached hydrogens (tertiary/aromatic N) is 24. The number of rotatable bonds is 30. The molecule has 6 saturated heterocycles. The summed E-state index contributed by atoms with van der Waals surface area (Å²) in [6.45, 7) is 21.7. The second kappa shape index (κ2) is 32.6. The van der Waals surface area contributed by atoms with Gasteiger partial charge in [-0.3, -0.25) is 0 Å². The van der Waals surface area contributed by atoms with Crippen molar-refractivity contribution in [2.45, 2.75) is 96.3 Å². The van der Waals surface area contributed by atoms with Crippen molar-refractivity contribution < 1.29 is 0 Å². The standard InChI is InChI=1S/C57H102N30/c58-16-10-28-79(29-11-17-59)49-64-46(76-22-4-1-5-23-76)67-52(70-49)82-34-40-85(41-35-82)55-73-56(86-42-36-83(37-43-86)53-68-47(77-24-6-2-7-25-77)65-50(71-53)80(30-12-18-60)31-13-19-61)75-57(74-55)87-44-38-84(39-45-87)54-69-48(78-26-8-3-9-27-78)66-51(72-54)81(32-14-20-62)33-15-21-63/h1-45,58-63H2. The molecular weight excluding hydrogens is 1100 g/mol. The smallest absolute Gasteiger partial charge is 0.232 e. The highest BCUT2D eigenvalue weighted by molar-refractivity contribution is 5.54. The van der Waals surface area contributed by atoms with Crippen LogP contribution >= 0.6 is 0 Å². The zero-order valence-corrected chi connectivity index (χ0v) is 52.0. The largest absolute Gasteiger partial charge is 0.341 e. The molecule has 10 heterocycles. The number of aromatic nitrogens is 12. The molecule has 6 aliphatic rings. The second-order valence-electron chi connectivity index (χ2n) is 23.8. The Hall–Kier alpha value is -6.60. The van der Waals surface area contributed by atoms with E-state index >= 15 is 0 Å². The minimum absolute atomic E-state index is 0.587. The van der Waals surface area contributed by atoms with Crippen molar-refractivity contribution in [3.05, 3.63) is 0 Å². The van der Waals surface area contributed by atoms with Crippen molar-refractivity contribution in [1.29, 1.82) is 0 Å². The molecule has 6 aliphatic heterocycles. The molecule has 0 aromatic carbocycles. The van der Waals surface area contributed by atoms with Gasteiger partial charge in [-0.15, -0.1) is 0 Å². The number of hydrogen-bond donors (Lipinski definition) is 6. The van der Waals surface area contributed by atoms with Crippen LogP contribution in [0.3, 0.4) is 0 Å². The first-order valence-electron chi connectivity index (χ1n) is 33.1. The summed E-state index contributed by atoms with van der Waals surface area (Å²) < 4.78 is 0. The zero-order chi connectivity index (χ0) is 60.2. The lowest BCUT2D eigenvalue weighted by Gasteiger charge is -2.39. The molecule has 0 unspecified atom stereocenters. The first kappa shape index (κ1) is 63.4. The van der Waals surface area contributed by atoms with Crippen LogP contribution in [0.5, 0.6) is 0 Å². The maximum atomic E-state index is 6.04. The van der Waals surface area contributed by atoms with Gasteiger partial charge in [-0.25, -0.2) is 0 Å². The van der Waals surface area contributed by atoms with Crippen LogP contribution in [0.2, 0.25) is 0 Å². The predicted octanol–water partition coefficient (Wildman–Crippen LogP) is -0.111. The van der Waals surface area contributed by atoms with Gasteiger partial charge in [0.1, 0.15) is 0 Å². The monoisotopic (exact) mass is 1210 g/mol. The summed E-state index contributed by atoms with van der Waals surface area (Å²) in [6, 6.07) is 0. The number of hydrogen-bond acceptors (Lipinski definition) is 30. The Morgan fingerprint density at radius 3 is 0.517 bits per heavy atom. The van der Waals surface area contributed by atoms with E-state index in [4.69, 9.17) is 94.2 Å². The summed E-state index contributed by atoms with van der Waals surface area (Å²) in [6.07, 6.45) is 15.4. The Kier molecular flexibility index (Phi) is 23.7. The lowest BCUT2D eigenvalue weighted by Crippen LogP contribution is -2.50. The molecule has 0 amide bonds. The van der Waals surface area contributed by atoms with Crippen LogP contribution in [0, 0.1) is 0 Å². The summed E-state index contributed by atoms with van der Waals surface area (Å²) in [7, 11) is 0. The average molecular weight is 1210 g/mol. The van der Waals surface area contributed by atoms with Crippen molar-refractivity contribution in [2.75, 3.05) is 255 Å². The summed E-state index contributed by atoms with van der Waals surface area (Å²) in [5, 5.41) is 0. The van der Waals surface area contributed by atoms with Crippen molar-refractivity contribution >= 4 is 71.4 Å². The van der Waals surface area contributed by atoms with Gasteiger partial charge in [0.25, 0.3) is 0 Å². The molecule has 0 saturated carbocycles. The van der Waals surface area contributed by atoms with E-state index in [1.807, 2.05) is 0 Å². The summed E-state index contributed by atoms with van der Waals surface area (Å²) in [5.74, 6) is 8.34. The molecule has 87 heavy (non-hydrogen) atoms. The molecule has 6 fully saturated rings. The van der Waals surface area contributed by atoms with Crippen LogP contribution in [0.25, 0.3) is 0 Å². The van der Waals surface area contributed by atoms with Crippen LogP contribution in [-0.4, -0.2) is 256 Å². The van der Waals surface area contributed by atoms with Crippen LogP contribution in [-0.2, 0) is 0 Å². The molecule has 10 rings (SSSR count).